The highest BCUT2D eigenvalue weighted by atomic mass is 31.2. The van der Waals surface area contributed by atoms with Crippen LogP contribution in [0.3, 0.4) is 0 Å². The Labute approximate surface area is 85.4 Å². The maximum absolute atomic E-state index is 8.70. The second-order valence-electron chi connectivity index (χ2n) is 4.12. The molecule has 0 radical (unpaired) electrons. The molecular weight excluding hydrogens is 199 g/mol. The summed E-state index contributed by atoms with van der Waals surface area (Å²) in [6.45, 7) is 6.27. The Kier molecular flexibility index (Phi) is 3.48. The summed E-state index contributed by atoms with van der Waals surface area (Å²) in [6.07, 6.45) is 0. The van der Waals surface area contributed by atoms with Crippen molar-refractivity contribution in [3.8, 4) is 5.75 Å². The van der Waals surface area contributed by atoms with Crippen LogP contribution in [0.2, 0.25) is 0 Å². The smallest absolute Gasteiger partial charge is 0.391 e. The quantitative estimate of drug-likeness (QED) is 0.744. The van der Waals surface area contributed by atoms with Gasteiger partial charge in [-0.15, -0.1) is 0 Å². The molecule has 0 unspecified atom stereocenters. The predicted molar refractivity (Wildman–Crippen MR) is 57.1 cm³/mol. The Balaban J connectivity index is 2.90. The number of rotatable bonds is 2. The summed E-state index contributed by atoms with van der Waals surface area (Å²) >= 11 is 0. The second-order valence-corrected chi connectivity index (χ2v) is 4.81. The number of hydrogen-bond donors (Lipinski definition) is 2. The fraction of sp³-hybridized carbons (Fsp3) is 0.400. The highest BCUT2D eigenvalue weighted by Crippen LogP contribution is 2.32. The van der Waals surface area contributed by atoms with E-state index in [1.54, 1.807) is 6.07 Å². The molecule has 0 aliphatic rings. The van der Waals surface area contributed by atoms with Crippen molar-refractivity contribution in [2.45, 2.75) is 26.2 Å². The Morgan fingerprint density at radius 1 is 1.21 bits per heavy atom. The van der Waals surface area contributed by atoms with Crippen molar-refractivity contribution in [3.63, 3.8) is 0 Å². The van der Waals surface area contributed by atoms with Gasteiger partial charge in [-0.25, -0.2) is 0 Å². The van der Waals surface area contributed by atoms with Gasteiger partial charge in [-0.1, -0.05) is 32.9 Å². The molecule has 0 heterocycles. The van der Waals surface area contributed by atoms with Crippen LogP contribution >= 0.6 is 8.60 Å². The fourth-order valence-electron chi connectivity index (χ4n) is 1.11. The van der Waals surface area contributed by atoms with E-state index < -0.39 is 8.60 Å². The molecule has 0 aromatic heterocycles. The largest absolute Gasteiger partial charge is 0.427 e. The van der Waals surface area contributed by atoms with Crippen molar-refractivity contribution in [1.82, 2.24) is 0 Å². The van der Waals surface area contributed by atoms with Crippen molar-refractivity contribution >= 4 is 8.60 Å². The molecule has 0 amide bonds. The summed E-state index contributed by atoms with van der Waals surface area (Å²) < 4.78 is 4.83. The van der Waals surface area contributed by atoms with Crippen LogP contribution in [-0.2, 0) is 5.41 Å². The minimum Gasteiger partial charge on any atom is -0.427 e. The van der Waals surface area contributed by atoms with Gasteiger partial charge < -0.3 is 14.3 Å². The fourth-order valence-corrected chi connectivity index (χ4v) is 1.42. The molecule has 1 rings (SSSR count). The average molecular weight is 214 g/mol. The Morgan fingerprint density at radius 3 is 2.36 bits per heavy atom. The van der Waals surface area contributed by atoms with Gasteiger partial charge >= 0.3 is 8.60 Å². The van der Waals surface area contributed by atoms with Gasteiger partial charge in [0.2, 0.25) is 0 Å². The molecule has 0 fully saturated rings. The molecule has 2 N–H and O–H groups in total. The molecule has 1 aromatic carbocycles. The summed E-state index contributed by atoms with van der Waals surface area (Å²) in [5, 5.41) is 0. The van der Waals surface area contributed by atoms with Crippen LogP contribution in [0, 0.1) is 0 Å². The molecule has 78 valence electrons. The molecule has 4 heteroatoms. The maximum Gasteiger partial charge on any atom is 0.391 e. The first-order valence-electron chi connectivity index (χ1n) is 4.36. The van der Waals surface area contributed by atoms with Crippen LogP contribution in [0.5, 0.6) is 5.75 Å². The SMILES string of the molecule is CC(C)(C)c1cccc(OP(O)O)c1. The van der Waals surface area contributed by atoms with Gasteiger partial charge in [-0.3, -0.25) is 0 Å². The highest BCUT2D eigenvalue weighted by Gasteiger charge is 2.14. The molecule has 0 saturated carbocycles. The average Bonchev–Trinajstić information content (AvgIpc) is 2.01. The molecule has 0 spiro atoms. The summed E-state index contributed by atoms with van der Waals surface area (Å²) in [5.41, 5.74) is 1.14. The van der Waals surface area contributed by atoms with Gasteiger partial charge in [0.15, 0.2) is 0 Å². The van der Waals surface area contributed by atoms with Gasteiger partial charge in [0.05, 0.1) is 0 Å². The Hall–Kier alpha value is -0.630. The maximum atomic E-state index is 8.70. The second kappa shape index (κ2) is 4.26. The zero-order valence-electron chi connectivity index (χ0n) is 8.56. The van der Waals surface area contributed by atoms with E-state index in [1.807, 2.05) is 18.2 Å². The summed E-state index contributed by atoms with van der Waals surface area (Å²) in [7, 11) is -2.32. The third-order valence-corrected chi connectivity index (χ3v) is 2.26. The Bertz CT molecular complexity index is 304. The van der Waals surface area contributed by atoms with Gasteiger partial charge in [0.1, 0.15) is 5.75 Å². The van der Waals surface area contributed by atoms with E-state index in [4.69, 9.17) is 14.3 Å². The zero-order valence-corrected chi connectivity index (χ0v) is 9.45. The predicted octanol–water partition coefficient (Wildman–Crippen LogP) is 2.57. The van der Waals surface area contributed by atoms with Crippen LogP contribution in [0.25, 0.3) is 0 Å². The van der Waals surface area contributed by atoms with Crippen molar-refractivity contribution in [2.75, 3.05) is 0 Å². The monoisotopic (exact) mass is 214 g/mol. The van der Waals surface area contributed by atoms with Crippen molar-refractivity contribution in [1.29, 1.82) is 0 Å². The molecular formula is C10H15O3P. The van der Waals surface area contributed by atoms with Crippen molar-refractivity contribution in [3.05, 3.63) is 29.8 Å². The zero-order chi connectivity index (χ0) is 10.8. The normalized spacial score (nSPS) is 11.9. The lowest BCUT2D eigenvalue weighted by Gasteiger charge is -2.19. The van der Waals surface area contributed by atoms with Gasteiger partial charge in [0, 0.05) is 0 Å². The molecule has 3 nitrogen and oxygen atoms in total. The lowest BCUT2D eigenvalue weighted by molar-refractivity contribution is 0.374. The van der Waals surface area contributed by atoms with E-state index in [9.17, 15) is 0 Å². The van der Waals surface area contributed by atoms with Crippen LogP contribution < -0.4 is 4.52 Å². The van der Waals surface area contributed by atoms with Gasteiger partial charge in [-0.05, 0) is 23.1 Å². The van der Waals surface area contributed by atoms with E-state index in [1.165, 1.54) is 0 Å². The number of benzene rings is 1. The van der Waals surface area contributed by atoms with Crippen LogP contribution in [0.15, 0.2) is 24.3 Å². The topological polar surface area (TPSA) is 49.7 Å². The highest BCUT2D eigenvalue weighted by molar-refractivity contribution is 7.39. The van der Waals surface area contributed by atoms with E-state index in [0.29, 0.717) is 5.75 Å². The lowest BCUT2D eigenvalue weighted by atomic mass is 9.87. The lowest BCUT2D eigenvalue weighted by Crippen LogP contribution is -2.10. The molecule has 0 atom stereocenters. The third kappa shape index (κ3) is 3.26. The first-order valence-corrected chi connectivity index (χ1v) is 5.52. The van der Waals surface area contributed by atoms with Gasteiger partial charge in [0.25, 0.3) is 0 Å². The first-order chi connectivity index (χ1) is 6.39. The van der Waals surface area contributed by atoms with E-state index in [-0.39, 0.29) is 5.41 Å². The standard InChI is InChI=1S/C10H15O3P/c1-10(2,3)8-5-4-6-9(7-8)13-14(11)12/h4-7,11-12H,1-3H3. The minimum atomic E-state index is -2.32. The van der Waals surface area contributed by atoms with Crippen LogP contribution in [-0.4, -0.2) is 9.79 Å². The first kappa shape index (κ1) is 11.4. The Morgan fingerprint density at radius 2 is 1.86 bits per heavy atom. The van der Waals surface area contributed by atoms with E-state index in [2.05, 4.69) is 20.8 Å². The molecule has 0 saturated heterocycles. The van der Waals surface area contributed by atoms with E-state index in [0.717, 1.165) is 5.56 Å². The van der Waals surface area contributed by atoms with Crippen LogP contribution in [0.1, 0.15) is 26.3 Å². The summed E-state index contributed by atoms with van der Waals surface area (Å²) in [5.74, 6) is 0.494. The number of hydrogen-bond acceptors (Lipinski definition) is 3. The van der Waals surface area contributed by atoms with Crippen LogP contribution in [0.4, 0.5) is 0 Å². The molecule has 0 bridgehead atoms. The third-order valence-electron chi connectivity index (χ3n) is 1.89. The molecule has 0 aliphatic heterocycles. The summed E-state index contributed by atoms with van der Waals surface area (Å²) in [6, 6.07) is 7.36. The van der Waals surface area contributed by atoms with E-state index >= 15 is 0 Å². The molecule has 14 heavy (non-hydrogen) atoms. The molecule has 0 aliphatic carbocycles. The van der Waals surface area contributed by atoms with Crippen molar-refractivity contribution < 1.29 is 14.3 Å². The van der Waals surface area contributed by atoms with Crippen molar-refractivity contribution in [2.24, 2.45) is 0 Å². The summed E-state index contributed by atoms with van der Waals surface area (Å²) in [4.78, 5) is 17.4. The molecule has 1 aromatic rings. The van der Waals surface area contributed by atoms with Gasteiger partial charge in [-0.2, -0.15) is 0 Å². The minimum absolute atomic E-state index is 0.0348.